The Morgan fingerprint density at radius 3 is 2.50 bits per heavy atom. The molecule has 0 saturated carbocycles. The molecule has 0 aromatic heterocycles. The Balaban J connectivity index is 3.04. The fourth-order valence-electron chi connectivity index (χ4n) is 0.898. The van der Waals surface area contributed by atoms with Crippen molar-refractivity contribution in [2.24, 2.45) is 5.10 Å². The number of hydrogen-bond donors (Lipinski definition) is 1. The summed E-state index contributed by atoms with van der Waals surface area (Å²) in [4.78, 5) is 0. The van der Waals surface area contributed by atoms with Crippen molar-refractivity contribution in [2.45, 2.75) is 0 Å². The number of nitrogens with zero attached hydrogens (tertiary/aromatic N) is 4. The van der Waals surface area contributed by atoms with E-state index in [1.165, 1.54) is 12.1 Å². The van der Waals surface area contributed by atoms with Gasteiger partial charge < -0.3 is 0 Å². The molecule has 0 amide bonds. The average molecular weight is 230 g/mol. The minimum atomic E-state index is -0.330. The van der Waals surface area contributed by atoms with E-state index in [2.05, 4.69) is 10.5 Å². The number of benzene rings is 1. The summed E-state index contributed by atoms with van der Waals surface area (Å²) in [6.07, 6.45) is 0. The molecule has 1 N–H and O–H groups in total. The lowest BCUT2D eigenvalue weighted by Crippen LogP contribution is -1.98. The molecule has 76 valence electrons. The zero-order chi connectivity index (χ0) is 12.0. The Morgan fingerprint density at radius 2 is 1.94 bits per heavy atom. The summed E-state index contributed by atoms with van der Waals surface area (Å²) in [5.74, 6) is 0. The molecule has 0 bridgehead atoms. The zero-order valence-electron chi connectivity index (χ0n) is 7.90. The second-order valence-corrected chi connectivity index (χ2v) is 3.03. The maximum absolute atomic E-state index is 8.78. The van der Waals surface area contributed by atoms with E-state index in [4.69, 9.17) is 27.4 Å². The van der Waals surface area contributed by atoms with Crippen LogP contribution in [-0.2, 0) is 0 Å². The number of halogens is 1. The first-order valence-electron chi connectivity index (χ1n) is 4.05. The van der Waals surface area contributed by atoms with Crippen molar-refractivity contribution in [3.8, 4) is 18.2 Å². The summed E-state index contributed by atoms with van der Waals surface area (Å²) in [7, 11) is 0. The summed E-state index contributed by atoms with van der Waals surface area (Å²) < 4.78 is 0. The number of hydrazone groups is 1. The van der Waals surface area contributed by atoms with Gasteiger partial charge in [0.1, 0.15) is 18.2 Å². The van der Waals surface area contributed by atoms with Crippen LogP contribution in [0.15, 0.2) is 23.3 Å². The summed E-state index contributed by atoms with van der Waals surface area (Å²) in [6.45, 7) is 0. The second-order valence-electron chi connectivity index (χ2n) is 2.60. The van der Waals surface area contributed by atoms with Gasteiger partial charge in [0.15, 0.2) is 0 Å². The van der Waals surface area contributed by atoms with E-state index in [0.29, 0.717) is 16.3 Å². The normalized spacial score (nSPS) is 8.12. The summed E-state index contributed by atoms with van der Waals surface area (Å²) in [5.41, 5.74) is 2.78. The third-order valence-electron chi connectivity index (χ3n) is 1.60. The highest BCUT2D eigenvalue weighted by atomic mass is 35.5. The third-order valence-corrected chi connectivity index (χ3v) is 1.84. The van der Waals surface area contributed by atoms with E-state index in [1.54, 1.807) is 18.2 Å². The van der Waals surface area contributed by atoms with E-state index in [-0.39, 0.29) is 5.71 Å². The highest BCUT2D eigenvalue weighted by Gasteiger charge is 2.02. The molecule has 6 heteroatoms. The quantitative estimate of drug-likeness (QED) is 0.620. The van der Waals surface area contributed by atoms with E-state index in [9.17, 15) is 0 Å². The molecular formula is C10H4ClN5. The van der Waals surface area contributed by atoms with Crippen LogP contribution in [0, 0.1) is 34.0 Å². The number of rotatable bonds is 2. The molecule has 0 aliphatic heterocycles. The Kier molecular flexibility index (Phi) is 3.86. The third kappa shape index (κ3) is 2.72. The van der Waals surface area contributed by atoms with Crippen molar-refractivity contribution in [3.05, 3.63) is 28.8 Å². The van der Waals surface area contributed by atoms with Gasteiger partial charge in [0.25, 0.3) is 0 Å². The van der Waals surface area contributed by atoms with E-state index < -0.39 is 0 Å². The molecule has 0 radical (unpaired) electrons. The monoisotopic (exact) mass is 229 g/mol. The molecule has 0 aliphatic carbocycles. The van der Waals surface area contributed by atoms with Crippen LogP contribution in [0.5, 0.6) is 0 Å². The van der Waals surface area contributed by atoms with Crippen molar-refractivity contribution in [1.29, 1.82) is 15.8 Å². The predicted molar refractivity (Wildman–Crippen MR) is 58.5 cm³/mol. The molecule has 1 rings (SSSR count). The van der Waals surface area contributed by atoms with Gasteiger partial charge in [0.2, 0.25) is 5.71 Å². The van der Waals surface area contributed by atoms with Gasteiger partial charge in [0.05, 0.1) is 11.3 Å². The van der Waals surface area contributed by atoms with Crippen molar-refractivity contribution in [2.75, 3.05) is 5.43 Å². The molecule has 0 aliphatic rings. The standard InChI is InChI=1S/C10H4ClN5/c11-8-2-1-7(4-12)10(3-8)16-15-9(5-13)6-14/h1-3,16H. The number of nitriles is 3. The van der Waals surface area contributed by atoms with E-state index in [0.717, 1.165) is 0 Å². The molecule has 0 atom stereocenters. The van der Waals surface area contributed by atoms with Gasteiger partial charge in [-0.15, -0.1) is 0 Å². The first kappa shape index (κ1) is 11.5. The van der Waals surface area contributed by atoms with Gasteiger partial charge in [-0.3, -0.25) is 5.43 Å². The average Bonchev–Trinajstić information content (AvgIpc) is 2.30. The molecule has 16 heavy (non-hydrogen) atoms. The summed E-state index contributed by atoms with van der Waals surface area (Å²) in [5, 5.41) is 29.6. The van der Waals surface area contributed by atoms with Crippen LogP contribution in [0.1, 0.15) is 5.56 Å². The van der Waals surface area contributed by atoms with Crippen molar-refractivity contribution in [1.82, 2.24) is 0 Å². The smallest absolute Gasteiger partial charge is 0.237 e. The lowest BCUT2D eigenvalue weighted by molar-refractivity contribution is 1.32. The SMILES string of the molecule is N#CC(C#N)=NNc1cc(Cl)ccc1C#N. The molecule has 1 aromatic carbocycles. The first-order chi connectivity index (χ1) is 7.71. The molecule has 0 fully saturated rings. The lowest BCUT2D eigenvalue weighted by atomic mass is 10.2. The van der Waals surface area contributed by atoms with Gasteiger partial charge >= 0.3 is 0 Å². The Labute approximate surface area is 96.8 Å². The van der Waals surface area contributed by atoms with Crippen LogP contribution in [0.25, 0.3) is 0 Å². The lowest BCUT2D eigenvalue weighted by Gasteiger charge is -2.02. The molecule has 0 spiro atoms. The fraction of sp³-hybridized carbons (Fsp3) is 0. The van der Waals surface area contributed by atoms with Crippen LogP contribution in [0.3, 0.4) is 0 Å². The zero-order valence-corrected chi connectivity index (χ0v) is 8.65. The minimum Gasteiger partial charge on any atom is -0.275 e. The largest absolute Gasteiger partial charge is 0.275 e. The Morgan fingerprint density at radius 1 is 1.25 bits per heavy atom. The van der Waals surface area contributed by atoms with Crippen molar-refractivity contribution < 1.29 is 0 Å². The van der Waals surface area contributed by atoms with Gasteiger partial charge in [-0.25, -0.2) is 0 Å². The topological polar surface area (TPSA) is 95.8 Å². The van der Waals surface area contributed by atoms with Crippen LogP contribution in [0.2, 0.25) is 5.02 Å². The summed E-state index contributed by atoms with van der Waals surface area (Å²) >= 11 is 5.73. The highest BCUT2D eigenvalue weighted by molar-refractivity contribution is 6.30. The predicted octanol–water partition coefficient (Wildman–Crippen LogP) is 2.03. The molecule has 1 aromatic rings. The van der Waals surface area contributed by atoms with Gasteiger partial charge in [-0.1, -0.05) is 11.6 Å². The molecule has 5 nitrogen and oxygen atoms in total. The summed E-state index contributed by atoms with van der Waals surface area (Å²) in [6, 6.07) is 9.65. The molecule has 0 heterocycles. The second kappa shape index (κ2) is 5.36. The Hall–Kier alpha value is -2.55. The van der Waals surface area contributed by atoms with Crippen LogP contribution >= 0.6 is 11.6 Å². The van der Waals surface area contributed by atoms with Crippen molar-refractivity contribution >= 4 is 23.0 Å². The number of nitrogens with one attached hydrogen (secondary N) is 1. The van der Waals surface area contributed by atoms with E-state index in [1.807, 2.05) is 6.07 Å². The van der Waals surface area contributed by atoms with Crippen LogP contribution < -0.4 is 5.43 Å². The van der Waals surface area contributed by atoms with Gasteiger partial charge in [-0.2, -0.15) is 20.9 Å². The number of anilines is 1. The van der Waals surface area contributed by atoms with Gasteiger partial charge in [0, 0.05) is 5.02 Å². The Bertz CT molecular complexity index is 540. The minimum absolute atomic E-state index is 0.323. The number of hydrogen-bond acceptors (Lipinski definition) is 5. The fourth-order valence-corrected chi connectivity index (χ4v) is 1.07. The first-order valence-corrected chi connectivity index (χ1v) is 4.42. The molecule has 0 saturated heterocycles. The maximum Gasteiger partial charge on any atom is 0.237 e. The maximum atomic E-state index is 8.78. The van der Waals surface area contributed by atoms with E-state index >= 15 is 0 Å². The van der Waals surface area contributed by atoms with Crippen LogP contribution in [-0.4, -0.2) is 5.71 Å². The molecule has 0 unspecified atom stereocenters. The molecular weight excluding hydrogens is 226 g/mol. The highest BCUT2D eigenvalue weighted by Crippen LogP contribution is 2.20. The van der Waals surface area contributed by atoms with Crippen molar-refractivity contribution in [3.63, 3.8) is 0 Å². The van der Waals surface area contributed by atoms with Gasteiger partial charge in [-0.05, 0) is 18.2 Å². The van der Waals surface area contributed by atoms with Crippen LogP contribution in [0.4, 0.5) is 5.69 Å².